The van der Waals surface area contributed by atoms with Crippen molar-refractivity contribution >= 4 is 11.8 Å². The number of carbonyl (C=O) groups is 1. The fraction of sp³-hybridized carbons (Fsp3) is 0.714. The van der Waals surface area contributed by atoms with Gasteiger partial charge in [0, 0.05) is 25.2 Å². The van der Waals surface area contributed by atoms with Gasteiger partial charge in [-0.15, -0.1) is 5.10 Å². The molecule has 1 aromatic heterocycles. The zero-order valence-corrected chi connectivity index (χ0v) is 17.1. The van der Waals surface area contributed by atoms with Crippen LogP contribution in [-0.2, 0) is 12.8 Å². The molecular weight excluding hydrogens is 352 g/mol. The second-order valence-electron chi connectivity index (χ2n) is 7.86. The number of hydrogen-bond acceptors (Lipinski definition) is 5. The predicted molar refractivity (Wildman–Crippen MR) is 109 cm³/mol. The zero-order valence-electron chi connectivity index (χ0n) is 17.1. The van der Waals surface area contributed by atoms with Crippen LogP contribution in [0.15, 0.2) is 0 Å². The third kappa shape index (κ3) is 4.73. The topological polar surface area (TPSA) is 93.9 Å². The second kappa shape index (κ2) is 9.72. The molecule has 152 valence electrons. The number of rotatable bonds is 5. The minimum atomic E-state index is -0.0385. The lowest BCUT2D eigenvalue weighted by Gasteiger charge is -2.34. The van der Waals surface area contributed by atoms with Gasteiger partial charge in [0.15, 0.2) is 5.82 Å². The molecule has 7 heteroatoms. The van der Waals surface area contributed by atoms with Crippen LogP contribution >= 0.6 is 0 Å². The van der Waals surface area contributed by atoms with E-state index in [2.05, 4.69) is 38.7 Å². The molecule has 2 heterocycles. The molecule has 0 radical (unpaired) electrons. The summed E-state index contributed by atoms with van der Waals surface area (Å²) in [6.07, 6.45) is 9.16. The summed E-state index contributed by atoms with van der Waals surface area (Å²) in [6, 6.07) is 2.81. The van der Waals surface area contributed by atoms with Crippen LogP contribution in [-0.4, -0.2) is 41.4 Å². The monoisotopic (exact) mass is 384 g/mol. The Balaban J connectivity index is 1.56. The Morgan fingerprint density at radius 2 is 1.68 bits per heavy atom. The largest absolute Gasteiger partial charge is 0.354 e. The van der Waals surface area contributed by atoms with Crippen LogP contribution < -0.4 is 15.5 Å². The smallest absolute Gasteiger partial charge is 0.315 e. The Morgan fingerprint density at radius 1 is 1.04 bits per heavy atom. The molecule has 3 rings (SSSR count). The van der Waals surface area contributed by atoms with Gasteiger partial charge in [-0.3, -0.25) is 0 Å². The van der Waals surface area contributed by atoms with Crippen LogP contribution in [0.25, 0.3) is 0 Å². The number of hydrogen-bond donors (Lipinski definition) is 2. The van der Waals surface area contributed by atoms with Crippen LogP contribution in [0.3, 0.4) is 0 Å². The first kappa shape index (κ1) is 20.4. The molecule has 7 nitrogen and oxygen atoms in total. The number of nitrogens with one attached hydrogen (secondary N) is 2. The van der Waals surface area contributed by atoms with Crippen molar-refractivity contribution in [1.82, 2.24) is 20.8 Å². The van der Waals surface area contributed by atoms with Gasteiger partial charge < -0.3 is 15.5 Å². The molecule has 2 amide bonds. The first-order valence-electron chi connectivity index (χ1n) is 10.8. The number of nitriles is 1. The van der Waals surface area contributed by atoms with Crippen LogP contribution in [0.4, 0.5) is 10.6 Å². The Kier molecular flexibility index (Phi) is 7.07. The number of aromatic nitrogens is 2. The molecule has 2 fully saturated rings. The summed E-state index contributed by atoms with van der Waals surface area (Å²) in [4.78, 5) is 14.4. The summed E-state index contributed by atoms with van der Waals surface area (Å²) in [7, 11) is 0. The summed E-state index contributed by atoms with van der Waals surface area (Å²) in [5, 5.41) is 24.7. The number of amides is 2. The average molecular weight is 385 g/mol. The molecule has 2 N–H and O–H groups in total. The summed E-state index contributed by atoms with van der Waals surface area (Å²) < 4.78 is 0. The van der Waals surface area contributed by atoms with Crippen molar-refractivity contribution in [3.63, 3.8) is 0 Å². The van der Waals surface area contributed by atoms with E-state index < -0.39 is 0 Å². The minimum Gasteiger partial charge on any atom is -0.354 e. The number of urea groups is 1. The number of nitrogens with zero attached hydrogens (tertiary/aromatic N) is 4. The highest BCUT2D eigenvalue weighted by molar-refractivity contribution is 5.74. The molecule has 1 aliphatic carbocycles. The maximum Gasteiger partial charge on any atom is 0.315 e. The van der Waals surface area contributed by atoms with E-state index in [1.165, 1.54) is 19.3 Å². The highest BCUT2D eigenvalue weighted by Crippen LogP contribution is 2.26. The SMILES string of the molecule is CCc1nnc(N2CCC(NC(=O)NC3CCCCC3)CC2)c(C#N)c1CC. The van der Waals surface area contributed by atoms with E-state index in [1.54, 1.807) is 0 Å². The average Bonchev–Trinajstić information content (AvgIpc) is 2.73. The maximum atomic E-state index is 12.3. The molecule has 0 bridgehead atoms. The van der Waals surface area contributed by atoms with Crippen molar-refractivity contribution in [1.29, 1.82) is 5.26 Å². The molecule has 1 aromatic rings. The zero-order chi connectivity index (χ0) is 19.9. The highest BCUT2D eigenvalue weighted by Gasteiger charge is 2.26. The van der Waals surface area contributed by atoms with Crippen molar-refractivity contribution in [2.45, 2.75) is 83.7 Å². The fourth-order valence-corrected chi connectivity index (χ4v) is 4.40. The molecule has 0 aromatic carbocycles. The number of anilines is 1. The summed E-state index contributed by atoms with van der Waals surface area (Å²) in [5.41, 5.74) is 2.59. The van der Waals surface area contributed by atoms with E-state index in [4.69, 9.17) is 0 Å². The fourth-order valence-electron chi connectivity index (χ4n) is 4.40. The maximum absolute atomic E-state index is 12.3. The lowest BCUT2D eigenvalue weighted by Crippen LogP contribution is -2.50. The Hall–Kier alpha value is -2.36. The Morgan fingerprint density at radius 3 is 2.25 bits per heavy atom. The Bertz CT molecular complexity index is 714. The molecule has 0 spiro atoms. The van der Waals surface area contributed by atoms with E-state index in [0.29, 0.717) is 17.4 Å². The quantitative estimate of drug-likeness (QED) is 0.814. The first-order valence-corrected chi connectivity index (χ1v) is 10.8. The highest BCUT2D eigenvalue weighted by atomic mass is 16.2. The van der Waals surface area contributed by atoms with Gasteiger partial charge in [-0.2, -0.15) is 10.4 Å². The van der Waals surface area contributed by atoms with Crippen LogP contribution in [0.5, 0.6) is 0 Å². The number of piperidine rings is 1. The third-order valence-corrected chi connectivity index (χ3v) is 6.01. The number of aryl methyl sites for hydroxylation is 1. The molecular formula is C21H32N6O. The van der Waals surface area contributed by atoms with Crippen LogP contribution in [0.1, 0.15) is 75.6 Å². The van der Waals surface area contributed by atoms with Crippen molar-refractivity contribution < 1.29 is 4.79 Å². The van der Waals surface area contributed by atoms with E-state index >= 15 is 0 Å². The van der Waals surface area contributed by atoms with Crippen LogP contribution in [0.2, 0.25) is 0 Å². The van der Waals surface area contributed by atoms with Gasteiger partial charge >= 0.3 is 6.03 Å². The molecule has 1 saturated heterocycles. The van der Waals surface area contributed by atoms with Gasteiger partial charge in [0.2, 0.25) is 0 Å². The molecule has 28 heavy (non-hydrogen) atoms. The Labute approximate surface area is 167 Å². The molecule has 2 aliphatic rings. The second-order valence-corrected chi connectivity index (χ2v) is 7.86. The first-order chi connectivity index (χ1) is 13.7. The third-order valence-electron chi connectivity index (χ3n) is 6.01. The summed E-state index contributed by atoms with van der Waals surface area (Å²) >= 11 is 0. The van der Waals surface area contributed by atoms with Crippen molar-refractivity contribution in [3.8, 4) is 6.07 Å². The lowest BCUT2D eigenvalue weighted by molar-refractivity contribution is 0.226. The van der Waals surface area contributed by atoms with E-state index in [1.807, 2.05) is 6.92 Å². The van der Waals surface area contributed by atoms with E-state index in [0.717, 1.165) is 62.9 Å². The van der Waals surface area contributed by atoms with Crippen molar-refractivity contribution in [2.75, 3.05) is 18.0 Å². The van der Waals surface area contributed by atoms with E-state index in [9.17, 15) is 10.1 Å². The molecule has 0 atom stereocenters. The van der Waals surface area contributed by atoms with E-state index in [-0.39, 0.29) is 12.1 Å². The molecule has 0 unspecified atom stereocenters. The van der Waals surface area contributed by atoms with Gasteiger partial charge in [0.25, 0.3) is 0 Å². The number of carbonyl (C=O) groups excluding carboxylic acids is 1. The van der Waals surface area contributed by atoms with Gasteiger partial charge in [0.05, 0.1) is 5.69 Å². The molecule has 1 saturated carbocycles. The normalized spacial score (nSPS) is 18.5. The van der Waals surface area contributed by atoms with Crippen molar-refractivity contribution in [3.05, 3.63) is 16.8 Å². The predicted octanol–water partition coefficient (Wildman–Crippen LogP) is 3.07. The van der Waals surface area contributed by atoms with Gasteiger partial charge in [-0.25, -0.2) is 4.79 Å². The molecule has 1 aliphatic heterocycles. The van der Waals surface area contributed by atoms with Gasteiger partial charge in [-0.05, 0) is 44.1 Å². The summed E-state index contributed by atoms with van der Waals surface area (Å²) in [6.45, 7) is 5.64. The summed E-state index contributed by atoms with van der Waals surface area (Å²) in [5.74, 6) is 0.696. The lowest BCUT2D eigenvalue weighted by atomic mass is 9.96. The standard InChI is InChI=1S/C21H32N6O/c1-3-17-18(14-22)20(26-25-19(17)4-2)27-12-10-16(11-13-27)24-21(28)23-15-8-6-5-7-9-15/h15-16H,3-13H2,1-2H3,(H2,23,24,28). The van der Waals surface area contributed by atoms with Gasteiger partial charge in [-0.1, -0.05) is 33.1 Å². The van der Waals surface area contributed by atoms with Gasteiger partial charge in [0.1, 0.15) is 11.6 Å². The van der Waals surface area contributed by atoms with Crippen molar-refractivity contribution in [2.24, 2.45) is 0 Å². The minimum absolute atomic E-state index is 0.0385. The van der Waals surface area contributed by atoms with Crippen LogP contribution in [0, 0.1) is 11.3 Å².